The van der Waals surface area contributed by atoms with Gasteiger partial charge >= 0.3 is 6.09 Å². The summed E-state index contributed by atoms with van der Waals surface area (Å²) in [6.45, 7) is 2.92. The van der Waals surface area contributed by atoms with Gasteiger partial charge in [-0.15, -0.1) is 0 Å². The summed E-state index contributed by atoms with van der Waals surface area (Å²) in [6.07, 6.45) is -0.413. The Hall–Kier alpha value is -2.78. The zero-order chi connectivity index (χ0) is 22.4. The van der Waals surface area contributed by atoms with Crippen LogP contribution in [0.5, 0.6) is 0 Å². The van der Waals surface area contributed by atoms with Gasteiger partial charge < -0.3 is 14.5 Å². The van der Waals surface area contributed by atoms with E-state index in [1.807, 2.05) is 0 Å². The van der Waals surface area contributed by atoms with Crippen molar-refractivity contribution >= 4 is 39.3 Å². The standard InChI is InChI=1S/C21H24ClN3O5S/c1-2-30-21(27)24-14-12-23(13-15-24)20(26)16-25(18-10-8-17(22)9-11-18)31(28,29)19-6-4-3-5-7-19/h3-11H,2,12-16H2,1H3. The third-order valence-corrected chi connectivity index (χ3v) is 6.92. The third-order valence-electron chi connectivity index (χ3n) is 4.88. The van der Waals surface area contributed by atoms with E-state index in [9.17, 15) is 18.0 Å². The molecule has 3 rings (SSSR count). The van der Waals surface area contributed by atoms with Gasteiger partial charge in [0.05, 0.1) is 17.2 Å². The molecule has 10 heteroatoms. The molecule has 0 aromatic heterocycles. The molecule has 2 aromatic carbocycles. The number of benzene rings is 2. The molecule has 2 amide bonds. The number of hydrogen-bond donors (Lipinski definition) is 0. The molecule has 0 atom stereocenters. The van der Waals surface area contributed by atoms with Crippen LogP contribution in [-0.2, 0) is 19.6 Å². The van der Waals surface area contributed by atoms with E-state index in [2.05, 4.69) is 0 Å². The average Bonchev–Trinajstić information content (AvgIpc) is 2.79. The Balaban J connectivity index is 1.79. The predicted molar refractivity (Wildman–Crippen MR) is 118 cm³/mol. The highest BCUT2D eigenvalue weighted by Gasteiger charge is 2.31. The zero-order valence-corrected chi connectivity index (χ0v) is 18.7. The number of rotatable bonds is 6. The molecule has 0 unspecified atom stereocenters. The normalized spacial score (nSPS) is 14.3. The SMILES string of the molecule is CCOC(=O)N1CCN(C(=O)CN(c2ccc(Cl)cc2)S(=O)(=O)c2ccccc2)CC1. The van der Waals surface area contributed by atoms with Gasteiger partial charge in [0.25, 0.3) is 10.0 Å². The first-order valence-corrected chi connectivity index (χ1v) is 11.7. The molecule has 0 bridgehead atoms. The highest BCUT2D eigenvalue weighted by molar-refractivity contribution is 7.92. The van der Waals surface area contributed by atoms with E-state index in [4.69, 9.17) is 16.3 Å². The topological polar surface area (TPSA) is 87.2 Å². The summed E-state index contributed by atoms with van der Waals surface area (Å²) in [7, 11) is -3.97. The van der Waals surface area contributed by atoms with Gasteiger partial charge in [-0.05, 0) is 43.3 Å². The smallest absolute Gasteiger partial charge is 0.409 e. The number of amides is 2. The van der Waals surface area contributed by atoms with Gasteiger partial charge in [-0.2, -0.15) is 0 Å². The molecule has 0 saturated carbocycles. The van der Waals surface area contributed by atoms with Gasteiger partial charge in [0.2, 0.25) is 5.91 Å². The van der Waals surface area contributed by atoms with Crippen LogP contribution in [0.25, 0.3) is 0 Å². The second-order valence-corrected chi connectivity index (χ2v) is 9.17. The largest absolute Gasteiger partial charge is 0.450 e. The van der Waals surface area contributed by atoms with Crippen molar-refractivity contribution in [2.24, 2.45) is 0 Å². The third kappa shape index (κ3) is 5.48. The lowest BCUT2D eigenvalue weighted by Gasteiger charge is -2.35. The van der Waals surface area contributed by atoms with Gasteiger partial charge in [-0.3, -0.25) is 9.10 Å². The van der Waals surface area contributed by atoms with Crippen LogP contribution in [0, 0.1) is 0 Å². The molecular formula is C21H24ClN3O5S. The van der Waals surface area contributed by atoms with E-state index in [1.165, 1.54) is 17.0 Å². The minimum atomic E-state index is -3.97. The Morgan fingerprint density at radius 2 is 1.55 bits per heavy atom. The van der Waals surface area contributed by atoms with E-state index in [0.717, 1.165) is 4.31 Å². The molecule has 1 aliphatic rings. The number of hydrogen-bond acceptors (Lipinski definition) is 5. The number of piperazine rings is 1. The zero-order valence-electron chi connectivity index (χ0n) is 17.1. The maximum atomic E-state index is 13.3. The first-order valence-electron chi connectivity index (χ1n) is 9.85. The van der Waals surface area contributed by atoms with Crippen molar-refractivity contribution < 1.29 is 22.7 Å². The Bertz CT molecular complexity index is 1010. The number of sulfonamides is 1. The Morgan fingerprint density at radius 1 is 0.968 bits per heavy atom. The van der Waals surface area contributed by atoms with Gasteiger partial charge in [0.1, 0.15) is 6.54 Å². The van der Waals surface area contributed by atoms with Gasteiger partial charge in [0, 0.05) is 31.2 Å². The van der Waals surface area contributed by atoms with Crippen LogP contribution in [0.1, 0.15) is 6.92 Å². The molecule has 2 aromatic rings. The van der Waals surface area contributed by atoms with Gasteiger partial charge in [-0.1, -0.05) is 29.8 Å². The van der Waals surface area contributed by atoms with Crippen molar-refractivity contribution in [3.8, 4) is 0 Å². The van der Waals surface area contributed by atoms with E-state index >= 15 is 0 Å². The monoisotopic (exact) mass is 465 g/mol. The number of halogens is 1. The molecule has 31 heavy (non-hydrogen) atoms. The summed E-state index contributed by atoms with van der Waals surface area (Å²) in [5.41, 5.74) is 0.340. The molecule has 1 saturated heterocycles. The quantitative estimate of drug-likeness (QED) is 0.654. The van der Waals surface area contributed by atoms with Crippen molar-refractivity contribution in [1.29, 1.82) is 0 Å². The van der Waals surface area contributed by atoms with Crippen LogP contribution in [0.2, 0.25) is 5.02 Å². The number of ether oxygens (including phenoxy) is 1. The summed E-state index contributed by atoms with van der Waals surface area (Å²) in [6, 6.07) is 14.2. The highest BCUT2D eigenvalue weighted by Crippen LogP contribution is 2.25. The van der Waals surface area contributed by atoms with Crippen molar-refractivity contribution in [2.75, 3.05) is 43.6 Å². The van der Waals surface area contributed by atoms with Crippen LogP contribution < -0.4 is 4.31 Å². The molecule has 1 aliphatic heterocycles. The molecule has 1 fully saturated rings. The van der Waals surface area contributed by atoms with Crippen molar-refractivity contribution in [1.82, 2.24) is 9.80 Å². The van der Waals surface area contributed by atoms with E-state index in [0.29, 0.717) is 36.9 Å². The molecule has 0 radical (unpaired) electrons. The Labute approximate surface area is 187 Å². The first-order chi connectivity index (χ1) is 14.8. The van der Waals surface area contributed by atoms with Gasteiger partial charge in [0.15, 0.2) is 0 Å². The fourth-order valence-corrected chi connectivity index (χ4v) is 4.78. The maximum Gasteiger partial charge on any atom is 0.409 e. The summed E-state index contributed by atoms with van der Waals surface area (Å²) in [4.78, 5) is 28.0. The summed E-state index contributed by atoms with van der Waals surface area (Å²) < 4.78 is 32.7. The number of anilines is 1. The molecule has 0 aliphatic carbocycles. The van der Waals surface area contributed by atoms with E-state index < -0.39 is 16.1 Å². The lowest BCUT2D eigenvalue weighted by atomic mass is 10.3. The summed E-state index contributed by atoms with van der Waals surface area (Å²) in [5, 5.41) is 0.460. The number of carbonyl (C=O) groups excluding carboxylic acids is 2. The van der Waals surface area contributed by atoms with Crippen molar-refractivity contribution in [2.45, 2.75) is 11.8 Å². The maximum absolute atomic E-state index is 13.3. The molecule has 0 spiro atoms. The lowest BCUT2D eigenvalue weighted by molar-refractivity contribution is -0.131. The molecule has 1 heterocycles. The predicted octanol–water partition coefficient (Wildman–Crippen LogP) is 2.84. The number of carbonyl (C=O) groups is 2. The van der Waals surface area contributed by atoms with Crippen molar-refractivity contribution in [3.63, 3.8) is 0 Å². The second kappa shape index (κ2) is 10.0. The minimum Gasteiger partial charge on any atom is -0.450 e. The average molecular weight is 466 g/mol. The van der Waals surface area contributed by atoms with Crippen LogP contribution in [-0.4, -0.2) is 69.5 Å². The Kier molecular flexibility index (Phi) is 7.40. The van der Waals surface area contributed by atoms with E-state index in [-0.39, 0.29) is 24.0 Å². The Morgan fingerprint density at radius 3 is 2.13 bits per heavy atom. The fraction of sp³-hybridized carbons (Fsp3) is 0.333. The summed E-state index contributed by atoms with van der Waals surface area (Å²) in [5.74, 6) is -0.349. The molecule has 8 nitrogen and oxygen atoms in total. The first kappa shape index (κ1) is 22.9. The molecule has 0 N–H and O–H groups in total. The van der Waals surface area contributed by atoms with Crippen LogP contribution in [0.3, 0.4) is 0 Å². The fourth-order valence-electron chi connectivity index (χ4n) is 3.22. The molecule has 166 valence electrons. The van der Waals surface area contributed by atoms with Crippen molar-refractivity contribution in [3.05, 3.63) is 59.6 Å². The second-order valence-electron chi connectivity index (χ2n) is 6.87. The van der Waals surface area contributed by atoms with Crippen LogP contribution in [0.4, 0.5) is 10.5 Å². The highest BCUT2D eigenvalue weighted by atomic mass is 35.5. The van der Waals surface area contributed by atoms with E-state index in [1.54, 1.807) is 54.3 Å². The lowest BCUT2D eigenvalue weighted by Crippen LogP contribution is -2.53. The van der Waals surface area contributed by atoms with Crippen LogP contribution >= 0.6 is 11.6 Å². The number of nitrogens with zero attached hydrogens (tertiary/aromatic N) is 3. The summed E-state index contributed by atoms with van der Waals surface area (Å²) >= 11 is 5.95. The van der Waals surface area contributed by atoms with Crippen LogP contribution in [0.15, 0.2) is 59.5 Å². The van der Waals surface area contributed by atoms with Gasteiger partial charge in [-0.25, -0.2) is 13.2 Å². The molecular weight excluding hydrogens is 442 g/mol. The minimum absolute atomic E-state index is 0.0879.